The summed E-state index contributed by atoms with van der Waals surface area (Å²) in [5.41, 5.74) is 6.58. The molecule has 2 aromatic rings. The van der Waals surface area contributed by atoms with E-state index in [1.54, 1.807) is 12.1 Å². The highest BCUT2D eigenvalue weighted by molar-refractivity contribution is 6.30. The number of aromatic nitrogens is 2. The highest BCUT2D eigenvalue weighted by Gasteiger charge is 2.14. The van der Waals surface area contributed by atoms with Crippen molar-refractivity contribution in [2.24, 2.45) is 5.73 Å². The second-order valence-corrected chi connectivity index (χ2v) is 5.44. The number of nitrogens with zero attached hydrogens (tertiary/aromatic N) is 2. The van der Waals surface area contributed by atoms with E-state index in [0.29, 0.717) is 23.2 Å². The van der Waals surface area contributed by atoms with Crippen molar-refractivity contribution in [2.75, 3.05) is 0 Å². The first kappa shape index (κ1) is 13.1. The SMILES string of the molecule is CC(C)(N)CCc1nc(-c2ccc(Cl)cc2)no1. The highest BCUT2D eigenvalue weighted by Crippen LogP contribution is 2.19. The molecule has 0 spiro atoms. The minimum absolute atomic E-state index is 0.227. The maximum absolute atomic E-state index is 5.91. The number of aryl methyl sites for hydroxylation is 1. The van der Waals surface area contributed by atoms with Crippen LogP contribution in [-0.4, -0.2) is 15.7 Å². The molecule has 0 aliphatic rings. The first-order valence-corrected chi connectivity index (χ1v) is 6.19. The molecule has 18 heavy (non-hydrogen) atoms. The van der Waals surface area contributed by atoms with Gasteiger partial charge in [0.05, 0.1) is 0 Å². The lowest BCUT2D eigenvalue weighted by atomic mass is 10.0. The summed E-state index contributed by atoms with van der Waals surface area (Å²) >= 11 is 5.83. The quantitative estimate of drug-likeness (QED) is 0.923. The predicted octanol–water partition coefficient (Wildman–Crippen LogP) is 3.06. The van der Waals surface area contributed by atoms with Crippen LogP contribution in [0, 0.1) is 0 Å². The van der Waals surface area contributed by atoms with Crippen LogP contribution in [0.3, 0.4) is 0 Å². The Kier molecular flexibility index (Phi) is 3.68. The van der Waals surface area contributed by atoms with Gasteiger partial charge in [0, 0.05) is 22.5 Å². The maximum Gasteiger partial charge on any atom is 0.227 e. The fourth-order valence-electron chi connectivity index (χ4n) is 1.50. The normalized spacial score (nSPS) is 11.8. The molecule has 5 heteroatoms. The number of hydrogen-bond donors (Lipinski definition) is 1. The smallest absolute Gasteiger partial charge is 0.227 e. The summed E-state index contributed by atoms with van der Waals surface area (Å²) < 4.78 is 5.20. The summed E-state index contributed by atoms with van der Waals surface area (Å²) in [6.45, 7) is 3.95. The Bertz CT molecular complexity index is 514. The average molecular weight is 266 g/mol. The summed E-state index contributed by atoms with van der Waals surface area (Å²) in [6.07, 6.45) is 1.49. The van der Waals surface area contributed by atoms with Crippen LogP contribution in [0.4, 0.5) is 0 Å². The van der Waals surface area contributed by atoms with Crippen molar-refractivity contribution in [3.8, 4) is 11.4 Å². The fourth-order valence-corrected chi connectivity index (χ4v) is 1.63. The standard InChI is InChI=1S/C13H16ClN3O/c1-13(2,15)8-7-11-16-12(17-18-11)9-3-5-10(14)6-4-9/h3-6H,7-8,15H2,1-2H3. The molecule has 1 heterocycles. The Balaban J connectivity index is 2.08. The van der Waals surface area contributed by atoms with E-state index in [-0.39, 0.29) is 5.54 Å². The third kappa shape index (κ3) is 3.55. The van der Waals surface area contributed by atoms with Gasteiger partial charge in [-0.15, -0.1) is 0 Å². The Hall–Kier alpha value is -1.39. The van der Waals surface area contributed by atoms with Gasteiger partial charge in [0.15, 0.2) is 0 Å². The molecule has 2 rings (SSSR count). The van der Waals surface area contributed by atoms with Gasteiger partial charge in [-0.05, 0) is 44.5 Å². The Morgan fingerprint density at radius 3 is 2.56 bits per heavy atom. The number of rotatable bonds is 4. The van der Waals surface area contributed by atoms with E-state index in [0.717, 1.165) is 12.0 Å². The van der Waals surface area contributed by atoms with Crippen LogP contribution < -0.4 is 5.73 Å². The van der Waals surface area contributed by atoms with Crippen LogP contribution in [0.25, 0.3) is 11.4 Å². The zero-order valence-electron chi connectivity index (χ0n) is 10.5. The van der Waals surface area contributed by atoms with E-state index >= 15 is 0 Å². The van der Waals surface area contributed by atoms with Crippen LogP contribution in [0.1, 0.15) is 26.2 Å². The molecule has 0 bridgehead atoms. The third-order valence-electron chi connectivity index (χ3n) is 2.55. The molecule has 0 atom stereocenters. The maximum atomic E-state index is 5.91. The van der Waals surface area contributed by atoms with Crippen LogP contribution in [-0.2, 0) is 6.42 Å². The minimum atomic E-state index is -0.227. The summed E-state index contributed by atoms with van der Waals surface area (Å²) in [7, 11) is 0. The van der Waals surface area contributed by atoms with Gasteiger partial charge in [-0.3, -0.25) is 0 Å². The van der Waals surface area contributed by atoms with Gasteiger partial charge in [-0.2, -0.15) is 4.98 Å². The van der Waals surface area contributed by atoms with Crippen LogP contribution in [0.5, 0.6) is 0 Å². The van der Waals surface area contributed by atoms with Gasteiger partial charge in [-0.1, -0.05) is 16.8 Å². The van der Waals surface area contributed by atoms with Crippen molar-refractivity contribution in [1.82, 2.24) is 10.1 Å². The van der Waals surface area contributed by atoms with E-state index in [4.69, 9.17) is 21.9 Å². The molecule has 96 valence electrons. The second-order valence-electron chi connectivity index (χ2n) is 5.01. The zero-order valence-corrected chi connectivity index (χ0v) is 11.2. The lowest BCUT2D eigenvalue weighted by molar-refractivity contribution is 0.358. The molecule has 0 amide bonds. The monoisotopic (exact) mass is 265 g/mol. The molecule has 0 aliphatic heterocycles. The topological polar surface area (TPSA) is 64.9 Å². The molecule has 1 aromatic carbocycles. The van der Waals surface area contributed by atoms with E-state index in [2.05, 4.69) is 10.1 Å². The van der Waals surface area contributed by atoms with Gasteiger partial charge in [0.1, 0.15) is 0 Å². The number of halogens is 1. The largest absolute Gasteiger partial charge is 0.339 e. The third-order valence-corrected chi connectivity index (χ3v) is 2.81. The molecule has 0 saturated heterocycles. The van der Waals surface area contributed by atoms with Gasteiger partial charge in [0.2, 0.25) is 11.7 Å². The Labute approximate surface area is 111 Å². The lowest BCUT2D eigenvalue weighted by Crippen LogP contribution is -2.32. The van der Waals surface area contributed by atoms with E-state index in [9.17, 15) is 0 Å². The molecule has 4 nitrogen and oxygen atoms in total. The summed E-state index contributed by atoms with van der Waals surface area (Å²) in [6, 6.07) is 7.33. The van der Waals surface area contributed by atoms with Crippen molar-refractivity contribution in [3.63, 3.8) is 0 Å². The van der Waals surface area contributed by atoms with Crippen LogP contribution >= 0.6 is 11.6 Å². The van der Waals surface area contributed by atoms with E-state index < -0.39 is 0 Å². The molecular weight excluding hydrogens is 250 g/mol. The van der Waals surface area contributed by atoms with Crippen LogP contribution in [0.2, 0.25) is 5.02 Å². The van der Waals surface area contributed by atoms with Gasteiger partial charge in [-0.25, -0.2) is 0 Å². The lowest BCUT2D eigenvalue weighted by Gasteiger charge is -2.16. The van der Waals surface area contributed by atoms with Crippen molar-refractivity contribution in [1.29, 1.82) is 0 Å². The van der Waals surface area contributed by atoms with Crippen molar-refractivity contribution in [2.45, 2.75) is 32.2 Å². The summed E-state index contributed by atoms with van der Waals surface area (Å²) in [5, 5.41) is 4.63. The fraction of sp³-hybridized carbons (Fsp3) is 0.385. The van der Waals surface area contributed by atoms with Gasteiger partial charge < -0.3 is 10.3 Å². The number of nitrogens with two attached hydrogens (primary N) is 1. The highest BCUT2D eigenvalue weighted by atomic mass is 35.5. The Morgan fingerprint density at radius 2 is 1.94 bits per heavy atom. The van der Waals surface area contributed by atoms with Crippen LogP contribution in [0.15, 0.2) is 28.8 Å². The zero-order chi connectivity index (χ0) is 13.2. The molecule has 0 saturated carbocycles. The molecule has 0 aliphatic carbocycles. The molecular formula is C13H16ClN3O. The van der Waals surface area contributed by atoms with Crippen molar-refractivity contribution >= 4 is 11.6 Å². The van der Waals surface area contributed by atoms with Gasteiger partial charge in [0.25, 0.3) is 0 Å². The van der Waals surface area contributed by atoms with Crippen molar-refractivity contribution < 1.29 is 4.52 Å². The molecule has 1 aromatic heterocycles. The average Bonchev–Trinajstić information content (AvgIpc) is 2.75. The molecule has 0 fully saturated rings. The predicted molar refractivity (Wildman–Crippen MR) is 71.3 cm³/mol. The first-order valence-electron chi connectivity index (χ1n) is 5.81. The van der Waals surface area contributed by atoms with Crippen molar-refractivity contribution in [3.05, 3.63) is 35.2 Å². The first-order chi connectivity index (χ1) is 8.44. The minimum Gasteiger partial charge on any atom is -0.339 e. The Morgan fingerprint density at radius 1 is 1.28 bits per heavy atom. The molecule has 2 N–H and O–H groups in total. The summed E-state index contributed by atoms with van der Waals surface area (Å²) in [4.78, 5) is 4.34. The van der Waals surface area contributed by atoms with E-state index in [1.807, 2.05) is 26.0 Å². The number of hydrogen-bond acceptors (Lipinski definition) is 4. The molecule has 0 unspecified atom stereocenters. The number of benzene rings is 1. The van der Waals surface area contributed by atoms with E-state index in [1.165, 1.54) is 0 Å². The second kappa shape index (κ2) is 5.08. The van der Waals surface area contributed by atoms with Gasteiger partial charge >= 0.3 is 0 Å². The molecule has 0 radical (unpaired) electrons. The summed E-state index contributed by atoms with van der Waals surface area (Å²) in [5.74, 6) is 1.19.